The summed E-state index contributed by atoms with van der Waals surface area (Å²) in [6, 6.07) is 0. The molecule has 0 atom stereocenters. The molecule has 0 aromatic carbocycles. The predicted octanol–water partition coefficient (Wildman–Crippen LogP) is 1.48. The maximum atomic E-state index is 11.4. The first kappa shape index (κ1) is 11.7. The first-order valence-electron chi connectivity index (χ1n) is 3.21. The van der Waals surface area contributed by atoms with E-state index in [9.17, 15) is 26.1 Å². The van der Waals surface area contributed by atoms with E-state index in [-0.39, 0.29) is 12.8 Å². The number of hydrogen-bond donors (Lipinski definition) is 0. The molecule has 0 unspecified atom stereocenters. The van der Waals surface area contributed by atoms with Crippen LogP contribution < -0.4 is 0 Å². The summed E-state index contributed by atoms with van der Waals surface area (Å²) >= 11 is 0. The molecule has 7 heteroatoms. The molecule has 0 bridgehead atoms. The van der Waals surface area contributed by atoms with Gasteiger partial charge in [0, 0.05) is 6.42 Å². The van der Waals surface area contributed by atoms with Gasteiger partial charge in [0.15, 0.2) is 0 Å². The lowest BCUT2D eigenvalue weighted by Crippen LogP contribution is -2.08. The van der Waals surface area contributed by atoms with E-state index in [0.29, 0.717) is 0 Å². The van der Waals surface area contributed by atoms with Gasteiger partial charge in [-0.1, -0.05) is 4.55 Å². The quantitative estimate of drug-likeness (QED) is 0.652. The minimum atomic E-state index is -4.36. The molecule has 0 fully saturated rings. The van der Waals surface area contributed by atoms with Crippen LogP contribution in [0, 0.1) is 0 Å². The average Bonchev–Trinajstić information content (AvgIpc) is 1.76. The molecule has 0 amide bonds. The second-order valence-electron chi connectivity index (χ2n) is 2.33. The zero-order valence-corrected chi connectivity index (χ0v) is 6.91. The summed E-state index contributed by atoms with van der Waals surface area (Å²) < 4.78 is 64.1. The molecule has 0 N–H and O–H groups in total. The highest BCUT2D eigenvalue weighted by atomic mass is 32.2. The van der Waals surface area contributed by atoms with E-state index in [4.69, 9.17) is 0 Å². The molecule has 73 valence electrons. The largest absolute Gasteiger partial charge is 0.389 e. The molecule has 0 aliphatic heterocycles. The molecule has 0 heterocycles. The van der Waals surface area contributed by atoms with Crippen LogP contribution in [0.5, 0.6) is 0 Å². The molecular formula is C5H8F3O3S. The Morgan fingerprint density at radius 1 is 1.08 bits per heavy atom. The van der Waals surface area contributed by atoms with Crippen molar-refractivity contribution < 1.29 is 26.1 Å². The standard InChI is InChI=1S/C5H8F3O3S/c6-5(7,8)3-1-2-4-12(9,10)11/h1-4H2. The molecule has 0 saturated carbocycles. The lowest BCUT2D eigenvalue weighted by Gasteiger charge is -2.03. The summed E-state index contributed by atoms with van der Waals surface area (Å²) in [4.78, 5) is 0. The first-order valence-corrected chi connectivity index (χ1v) is 4.79. The van der Waals surface area contributed by atoms with Gasteiger partial charge < -0.3 is 0 Å². The van der Waals surface area contributed by atoms with Gasteiger partial charge in [0.1, 0.15) is 0 Å². The molecule has 0 rings (SSSR count). The first-order chi connectivity index (χ1) is 5.21. The fourth-order valence-electron chi connectivity index (χ4n) is 0.604. The summed E-state index contributed by atoms with van der Waals surface area (Å²) in [7, 11) is -4.36. The summed E-state index contributed by atoms with van der Waals surface area (Å²) in [5.74, 6) is -0.719. The summed E-state index contributed by atoms with van der Waals surface area (Å²) in [5, 5.41) is 0. The van der Waals surface area contributed by atoms with Gasteiger partial charge in [-0.2, -0.15) is 21.6 Å². The van der Waals surface area contributed by atoms with E-state index in [1.54, 1.807) is 0 Å². The van der Waals surface area contributed by atoms with Crippen LogP contribution in [0.15, 0.2) is 0 Å². The smallest absolute Gasteiger partial charge is 0.197 e. The highest BCUT2D eigenvalue weighted by Gasteiger charge is 2.26. The van der Waals surface area contributed by atoms with Crippen LogP contribution in [0.2, 0.25) is 0 Å². The van der Waals surface area contributed by atoms with Crippen LogP contribution >= 0.6 is 0 Å². The second-order valence-corrected chi connectivity index (χ2v) is 3.86. The Labute approximate surface area is 68.3 Å². The molecule has 0 saturated heterocycles. The zero-order valence-electron chi connectivity index (χ0n) is 6.10. The number of halogens is 3. The van der Waals surface area contributed by atoms with Gasteiger partial charge in [-0.05, 0) is 12.8 Å². The molecule has 0 aliphatic rings. The Bertz CT molecular complexity index is 219. The molecule has 0 aliphatic carbocycles. The third-order valence-corrected chi connectivity index (χ3v) is 1.89. The molecule has 3 nitrogen and oxygen atoms in total. The fourth-order valence-corrected chi connectivity index (χ4v) is 1.16. The van der Waals surface area contributed by atoms with Gasteiger partial charge in [-0.25, -0.2) is 0 Å². The molecule has 0 spiro atoms. The Morgan fingerprint density at radius 2 is 1.58 bits per heavy atom. The van der Waals surface area contributed by atoms with Crippen LogP contribution in [0.25, 0.3) is 0 Å². The lowest BCUT2D eigenvalue weighted by atomic mass is 10.2. The van der Waals surface area contributed by atoms with E-state index in [1.165, 1.54) is 0 Å². The second kappa shape index (κ2) is 4.08. The number of rotatable bonds is 4. The van der Waals surface area contributed by atoms with Crippen molar-refractivity contribution >= 4 is 10.1 Å². The molecule has 12 heavy (non-hydrogen) atoms. The summed E-state index contributed by atoms with van der Waals surface area (Å²) in [5.41, 5.74) is 0. The lowest BCUT2D eigenvalue weighted by molar-refractivity contribution is -0.135. The average molecular weight is 205 g/mol. The van der Waals surface area contributed by atoms with Crippen molar-refractivity contribution in [2.75, 3.05) is 5.75 Å². The topological polar surface area (TPSA) is 54.0 Å². The number of alkyl halides is 3. The van der Waals surface area contributed by atoms with Crippen molar-refractivity contribution in [3.8, 4) is 0 Å². The van der Waals surface area contributed by atoms with Crippen molar-refractivity contribution in [3.63, 3.8) is 0 Å². The van der Waals surface area contributed by atoms with Crippen molar-refractivity contribution in [2.45, 2.75) is 25.4 Å². The maximum Gasteiger partial charge on any atom is 0.389 e. The normalized spacial score (nSPS) is 13.3. The maximum absolute atomic E-state index is 11.4. The van der Waals surface area contributed by atoms with Crippen molar-refractivity contribution in [1.29, 1.82) is 0 Å². The minimum absolute atomic E-state index is 0.231. The van der Waals surface area contributed by atoms with Gasteiger partial charge in [0.25, 0.3) is 10.1 Å². The van der Waals surface area contributed by atoms with Crippen LogP contribution in [-0.4, -0.2) is 20.3 Å². The van der Waals surface area contributed by atoms with E-state index >= 15 is 0 Å². The molecule has 0 aromatic rings. The van der Waals surface area contributed by atoms with Gasteiger partial charge in [0.05, 0.1) is 5.75 Å². The molecule has 1 radical (unpaired) electrons. The van der Waals surface area contributed by atoms with Gasteiger partial charge in [-0.3, -0.25) is 0 Å². The molecular weight excluding hydrogens is 197 g/mol. The highest BCUT2D eigenvalue weighted by Crippen LogP contribution is 2.22. The minimum Gasteiger partial charge on any atom is -0.197 e. The van der Waals surface area contributed by atoms with Crippen molar-refractivity contribution in [3.05, 3.63) is 0 Å². The highest BCUT2D eigenvalue weighted by molar-refractivity contribution is 7.85. The number of unbranched alkanes of at least 4 members (excludes halogenated alkanes) is 1. The Balaban J connectivity index is 3.48. The summed E-state index contributed by atoms with van der Waals surface area (Å²) in [6.07, 6.45) is -5.86. The van der Waals surface area contributed by atoms with Gasteiger partial charge in [0.2, 0.25) is 0 Å². The van der Waals surface area contributed by atoms with E-state index in [2.05, 4.69) is 0 Å². The van der Waals surface area contributed by atoms with Crippen LogP contribution in [0.1, 0.15) is 19.3 Å². The third-order valence-electron chi connectivity index (χ3n) is 1.10. The zero-order chi connectivity index (χ0) is 9.83. The van der Waals surface area contributed by atoms with Crippen LogP contribution in [-0.2, 0) is 14.7 Å². The number of hydrogen-bond acceptors (Lipinski definition) is 2. The fraction of sp³-hybridized carbons (Fsp3) is 1.00. The van der Waals surface area contributed by atoms with E-state index in [1.807, 2.05) is 0 Å². The summed E-state index contributed by atoms with van der Waals surface area (Å²) in [6.45, 7) is 0. The van der Waals surface area contributed by atoms with Crippen LogP contribution in [0.4, 0.5) is 13.2 Å². The predicted molar refractivity (Wildman–Crippen MR) is 34.4 cm³/mol. The SMILES string of the molecule is [O]S(=O)(=O)CCCCC(F)(F)F. The van der Waals surface area contributed by atoms with Crippen molar-refractivity contribution in [1.82, 2.24) is 0 Å². The third kappa shape index (κ3) is 9.70. The van der Waals surface area contributed by atoms with E-state index < -0.39 is 28.5 Å². The monoisotopic (exact) mass is 205 g/mol. The Morgan fingerprint density at radius 3 is 1.92 bits per heavy atom. The molecule has 0 aromatic heterocycles. The van der Waals surface area contributed by atoms with Gasteiger partial charge >= 0.3 is 6.18 Å². The Kier molecular flexibility index (Phi) is 3.98. The van der Waals surface area contributed by atoms with Crippen molar-refractivity contribution in [2.24, 2.45) is 0 Å². The Hall–Kier alpha value is -0.300. The van der Waals surface area contributed by atoms with Gasteiger partial charge in [-0.15, -0.1) is 0 Å². The van der Waals surface area contributed by atoms with E-state index in [0.717, 1.165) is 0 Å². The van der Waals surface area contributed by atoms with Crippen LogP contribution in [0.3, 0.4) is 0 Å².